The van der Waals surface area contributed by atoms with Crippen molar-refractivity contribution in [1.29, 1.82) is 0 Å². The molecule has 1 atom stereocenters. The van der Waals surface area contributed by atoms with Crippen molar-refractivity contribution < 1.29 is 9.90 Å². The zero-order valence-electron chi connectivity index (χ0n) is 34.4. The van der Waals surface area contributed by atoms with E-state index in [2.05, 4.69) is 193 Å². The van der Waals surface area contributed by atoms with E-state index in [1.165, 1.54) is 33.4 Å². The summed E-state index contributed by atoms with van der Waals surface area (Å²) in [6, 6.07) is 80.5. The molecule has 0 bridgehead atoms. The summed E-state index contributed by atoms with van der Waals surface area (Å²) in [5, 5.41) is 15.5. The number of carbonyl (C=O) groups excluding carboxylic acids is 1. The van der Waals surface area contributed by atoms with Crippen LogP contribution in [0, 0.1) is 0 Å². The van der Waals surface area contributed by atoms with Gasteiger partial charge in [0.1, 0.15) is 6.10 Å². The lowest BCUT2D eigenvalue weighted by Crippen LogP contribution is -2.10. The Morgan fingerprint density at radius 1 is 0.365 bits per heavy atom. The molecule has 1 aliphatic carbocycles. The van der Waals surface area contributed by atoms with Gasteiger partial charge in [-0.05, 0) is 138 Å². The highest BCUT2D eigenvalue weighted by Gasteiger charge is 2.33. The number of fused-ring (bicyclic) bond motifs is 3. The van der Waals surface area contributed by atoms with Crippen LogP contribution >= 0.6 is 0 Å². The average molecular weight is 808 g/mol. The lowest BCUT2D eigenvalue weighted by molar-refractivity contribution is 0.102. The number of nitrogens with zero attached hydrogens (tertiary/aromatic N) is 1. The Morgan fingerprint density at radius 3 is 1.32 bits per heavy atom. The smallest absolute Gasteiger partial charge is 0.192 e. The predicted octanol–water partition coefficient (Wildman–Crippen LogP) is 15.4. The van der Waals surface area contributed by atoms with Crippen molar-refractivity contribution in [3.63, 3.8) is 0 Å². The third-order valence-electron chi connectivity index (χ3n) is 12.3. The number of carbonyl (C=O) groups is 1. The molecule has 11 rings (SSSR count). The van der Waals surface area contributed by atoms with Gasteiger partial charge < -0.3 is 10.0 Å². The van der Waals surface area contributed by atoms with Gasteiger partial charge in [-0.25, -0.2) is 0 Å². The second kappa shape index (κ2) is 16.1. The molecule has 298 valence electrons. The molecule has 0 fully saturated rings. The minimum atomic E-state index is -0.972. The van der Waals surface area contributed by atoms with Crippen LogP contribution in [-0.4, -0.2) is 10.9 Å². The highest BCUT2D eigenvalue weighted by molar-refractivity contribution is 6.18. The largest absolute Gasteiger partial charge is 0.383 e. The minimum Gasteiger partial charge on any atom is -0.383 e. The fourth-order valence-electron chi connectivity index (χ4n) is 9.17. The van der Waals surface area contributed by atoms with Gasteiger partial charge in [0.25, 0.3) is 0 Å². The first-order valence-electron chi connectivity index (χ1n) is 21.4. The highest BCUT2D eigenvalue weighted by Crippen LogP contribution is 2.42. The van der Waals surface area contributed by atoms with E-state index in [0.29, 0.717) is 16.7 Å². The summed E-state index contributed by atoms with van der Waals surface area (Å²) in [4.78, 5) is 15.9. The number of aliphatic hydroxyl groups is 1. The second-order valence-electron chi connectivity index (χ2n) is 16.2. The Labute approximate surface area is 367 Å². The van der Waals surface area contributed by atoms with Crippen molar-refractivity contribution in [2.45, 2.75) is 6.10 Å². The maximum Gasteiger partial charge on any atom is 0.192 e. The molecule has 0 spiro atoms. The molecule has 0 aromatic heterocycles. The molecule has 0 amide bonds. The van der Waals surface area contributed by atoms with Crippen LogP contribution in [0.3, 0.4) is 0 Å². The van der Waals surface area contributed by atoms with E-state index in [4.69, 9.17) is 0 Å². The van der Waals surface area contributed by atoms with E-state index < -0.39 is 6.10 Å². The molecule has 10 aromatic rings. The number of rotatable bonds is 8. The zero-order valence-corrected chi connectivity index (χ0v) is 34.4. The topological polar surface area (TPSA) is 40.5 Å². The second-order valence-corrected chi connectivity index (χ2v) is 16.2. The van der Waals surface area contributed by atoms with Gasteiger partial charge in [-0.2, -0.15) is 0 Å². The number of hydrogen-bond donors (Lipinski definition) is 1. The van der Waals surface area contributed by atoms with Crippen LogP contribution in [-0.2, 0) is 0 Å². The Balaban J connectivity index is 0.963. The molecule has 0 radical (unpaired) electrons. The Kier molecular flexibility index (Phi) is 9.65. The third-order valence-corrected chi connectivity index (χ3v) is 12.3. The van der Waals surface area contributed by atoms with Crippen LogP contribution in [0.25, 0.3) is 72.1 Å². The van der Waals surface area contributed by atoms with Gasteiger partial charge in [0, 0.05) is 28.2 Å². The van der Waals surface area contributed by atoms with Gasteiger partial charge in [0.05, 0.1) is 0 Å². The number of hydrogen-bond acceptors (Lipinski definition) is 3. The molecule has 0 aliphatic heterocycles. The molecule has 0 saturated carbocycles. The van der Waals surface area contributed by atoms with Gasteiger partial charge in [-0.1, -0.05) is 176 Å². The fourth-order valence-corrected chi connectivity index (χ4v) is 9.17. The molecular weight excluding hydrogens is 767 g/mol. The summed E-state index contributed by atoms with van der Waals surface area (Å²) >= 11 is 0. The normalized spacial score (nSPS) is 14.0. The Morgan fingerprint density at radius 2 is 0.778 bits per heavy atom. The molecule has 63 heavy (non-hydrogen) atoms. The maximum absolute atomic E-state index is 13.6. The van der Waals surface area contributed by atoms with Crippen LogP contribution in [0.5, 0.6) is 0 Å². The van der Waals surface area contributed by atoms with Crippen molar-refractivity contribution in [3.05, 3.63) is 253 Å². The van der Waals surface area contributed by atoms with E-state index in [9.17, 15) is 9.90 Å². The SMILES string of the molecule is O=C1/C(=C/c2ccc3cc(N(c4ccc(-c5ccccc5-c5ccccc5)cc4)c4ccc(-c5ccccc5-c5ccccc5)cc4)ccc3c2)C(O)c2cc3ccccc3cc21. The first-order valence-corrected chi connectivity index (χ1v) is 21.4. The highest BCUT2D eigenvalue weighted by atomic mass is 16.3. The standard InChI is InChI=1S/C60H41NO2/c62-59-56-38-45-17-7-8-18-46(45)39-57(56)60(63)58(59)36-40-23-24-48-37-51(34-29-47(48)35-40)61(49-30-25-43(26-31-49)54-21-11-9-19-52(54)41-13-3-1-4-14-41)50-32-27-44(28-33-50)55-22-12-10-20-53(55)42-15-5-2-6-16-42/h1-39,59,62H/b58-36+. The lowest BCUT2D eigenvalue weighted by atomic mass is 9.94. The van der Waals surface area contributed by atoms with E-state index in [1.807, 2.05) is 48.5 Å². The minimum absolute atomic E-state index is 0.126. The predicted molar refractivity (Wildman–Crippen MR) is 262 cm³/mol. The van der Waals surface area contributed by atoms with Crippen molar-refractivity contribution in [3.8, 4) is 44.5 Å². The van der Waals surface area contributed by atoms with Crippen molar-refractivity contribution in [1.82, 2.24) is 0 Å². The van der Waals surface area contributed by atoms with Gasteiger partial charge in [0.15, 0.2) is 5.78 Å². The Hall–Kier alpha value is -8.11. The first-order chi connectivity index (χ1) is 31.1. The number of ketones is 1. The van der Waals surface area contributed by atoms with E-state index in [-0.39, 0.29) is 5.78 Å². The first kappa shape index (κ1) is 37.9. The molecule has 3 heteroatoms. The summed E-state index contributed by atoms with van der Waals surface area (Å²) in [6.45, 7) is 0. The van der Waals surface area contributed by atoms with Crippen LogP contribution < -0.4 is 4.90 Å². The van der Waals surface area contributed by atoms with Crippen molar-refractivity contribution in [2.75, 3.05) is 4.90 Å². The number of aliphatic hydroxyl groups excluding tert-OH is 1. The van der Waals surface area contributed by atoms with Crippen molar-refractivity contribution in [2.24, 2.45) is 0 Å². The van der Waals surface area contributed by atoms with Crippen LogP contribution in [0.4, 0.5) is 17.1 Å². The molecule has 0 heterocycles. The molecule has 1 N–H and O–H groups in total. The van der Waals surface area contributed by atoms with Crippen LogP contribution in [0.15, 0.2) is 236 Å². The summed E-state index contributed by atoms with van der Waals surface area (Å²) < 4.78 is 0. The number of Topliss-reactive ketones (excluding diaryl/α,β-unsaturated/α-hetero) is 1. The van der Waals surface area contributed by atoms with E-state index in [0.717, 1.165) is 55.3 Å². The van der Waals surface area contributed by atoms with E-state index in [1.54, 1.807) is 0 Å². The summed E-state index contributed by atoms with van der Waals surface area (Å²) in [7, 11) is 0. The third kappa shape index (κ3) is 7.11. The number of anilines is 3. The average Bonchev–Trinajstić information content (AvgIpc) is 3.57. The maximum atomic E-state index is 13.6. The van der Waals surface area contributed by atoms with Crippen LogP contribution in [0.1, 0.15) is 27.6 Å². The molecular formula is C60H41NO2. The van der Waals surface area contributed by atoms with Gasteiger partial charge in [0.2, 0.25) is 0 Å². The van der Waals surface area contributed by atoms with Gasteiger partial charge in [-0.15, -0.1) is 0 Å². The molecule has 1 unspecified atom stereocenters. The molecule has 0 saturated heterocycles. The van der Waals surface area contributed by atoms with Gasteiger partial charge in [-0.3, -0.25) is 4.79 Å². The quantitative estimate of drug-likeness (QED) is 0.156. The summed E-state index contributed by atoms with van der Waals surface area (Å²) in [5.74, 6) is -0.126. The molecule has 3 nitrogen and oxygen atoms in total. The summed E-state index contributed by atoms with van der Waals surface area (Å²) in [5.41, 5.74) is 15.0. The number of benzene rings is 10. The van der Waals surface area contributed by atoms with Crippen molar-refractivity contribution >= 4 is 50.5 Å². The molecule has 10 aromatic carbocycles. The fraction of sp³-hybridized carbons (Fsp3) is 0.0167. The summed E-state index contributed by atoms with van der Waals surface area (Å²) in [6.07, 6.45) is 0.868. The Bertz CT molecular complexity index is 3230. The monoisotopic (exact) mass is 807 g/mol. The van der Waals surface area contributed by atoms with E-state index >= 15 is 0 Å². The lowest BCUT2D eigenvalue weighted by Gasteiger charge is -2.26. The van der Waals surface area contributed by atoms with Crippen LogP contribution in [0.2, 0.25) is 0 Å². The molecule has 1 aliphatic rings. The zero-order chi connectivity index (χ0) is 42.3. The van der Waals surface area contributed by atoms with Gasteiger partial charge >= 0.3 is 0 Å².